The molecule has 1 saturated heterocycles. The number of nitrogens with one attached hydrogen (secondary N) is 1. The Morgan fingerprint density at radius 1 is 1.20 bits per heavy atom. The van der Waals surface area contributed by atoms with Crippen LogP contribution >= 0.6 is 0 Å². The smallest absolute Gasteiger partial charge is 0.247 e. The zero-order chi connectivity index (χ0) is 14.2. The van der Waals surface area contributed by atoms with Crippen LogP contribution in [0.4, 0.5) is 0 Å². The van der Waals surface area contributed by atoms with E-state index in [1.807, 2.05) is 0 Å². The average Bonchev–Trinajstić information content (AvgIpc) is 3.19. The summed E-state index contributed by atoms with van der Waals surface area (Å²) in [6.07, 6.45) is 9.61. The van der Waals surface area contributed by atoms with Crippen molar-refractivity contribution in [3.63, 3.8) is 0 Å². The molecule has 0 aromatic carbocycles. The molecule has 2 amide bonds. The van der Waals surface area contributed by atoms with Crippen molar-refractivity contribution in [3.8, 4) is 0 Å². The normalized spacial score (nSPS) is 30.1. The molecule has 4 nitrogen and oxygen atoms in total. The molecule has 1 heterocycles. The van der Waals surface area contributed by atoms with E-state index < -0.39 is 0 Å². The first-order valence-corrected chi connectivity index (χ1v) is 8.24. The summed E-state index contributed by atoms with van der Waals surface area (Å²) >= 11 is 0. The van der Waals surface area contributed by atoms with Crippen molar-refractivity contribution in [2.24, 2.45) is 5.41 Å². The maximum atomic E-state index is 12.5. The van der Waals surface area contributed by atoms with Gasteiger partial charge in [0.2, 0.25) is 11.8 Å². The Hall–Kier alpha value is -0.900. The van der Waals surface area contributed by atoms with E-state index in [9.17, 15) is 9.59 Å². The van der Waals surface area contributed by atoms with Crippen molar-refractivity contribution >= 4 is 11.8 Å². The molecule has 1 atom stereocenters. The summed E-state index contributed by atoms with van der Waals surface area (Å²) in [7, 11) is 0. The van der Waals surface area contributed by atoms with Crippen molar-refractivity contribution in [1.29, 1.82) is 0 Å². The van der Waals surface area contributed by atoms with Gasteiger partial charge in [-0.3, -0.25) is 14.5 Å². The third-order valence-electron chi connectivity index (χ3n) is 5.55. The largest absolute Gasteiger partial charge is 0.305 e. The zero-order valence-corrected chi connectivity index (χ0v) is 12.5. The van der Waals surface area contributed by atoms with Gasteiger partial charge in [0.25, 0.3) is 0 Å². The number of imide groups is 1. The van der Waals surface area contributed by atoms with E-state index in [1.54, 1.807) is 4.90 Å². The number of likely N-dealkylation sites (tertiary alicyclic amines) is 1. The van der Waals surface area contributed by atoms with E-state index in [1.165, 1.54) is 25.7 Å². The van der Waals surface area contributed by atoms with Gasteiger partial charge in [-0.2, -0.15) is 0 Å². The summed E-state index contributed by atoms with van der Waals surface area (Å²) in [5.41, 5.74) is 0.418. The first kappa shape index (κ1) is 14.1. The van der Waals surface area contributed by atoms with Gasteiger partial charge >= 0.3 is 0 Å². The monoisotopic (exact) mass is 278 g/mol. The van der Waals surface area contributed by atoms with Gasteiger partial charge in [0.1, 0.15) is 0 Å². The van der Waals surface area contributed by atoms with Gasteiger partial charge in [-0.15, -0.1) is 0 Å². The molecule has 4 heteroatoms. The fourth-order valence-corrected chi connectivity index (χ4v) is 3.71. The quantitative estimate of drug-likeness (QED) is 0.785. The van der Waals surface area contributed by atoms with E-state index in [4.69, 9.17) is 0 Å². The molecule has 20 heavy (non-hydrogen) atoms. The van der Waals surface area contributed by atoms with Gasteiger partial charge in [0.15, 0.2) is 0 Å². The first-order valence-electron chi connectivity index (χ1n) is 8.24. The van der Waals surface area contributed by atoms with Crippen LogP contribution < -0.4 is 5.32 Å². The molecule has 1 N–H and O–H groups in total. The van der Waals surface area contributed by atoms with Crippen LogP contribution in [0, 0.1) is 5.41 Å². The Bertz CT molecular complexity index is 397. The lowest BCUT2D eigenvalue weighted by molar-refractivity contribution is -0.142. The van der Waals surface area contributed by atoms with E-state index >= 15 is 0 Å². The highest BCUT2D eigenvalue weighted by molar-refractivity contribution is 6.05. The third kappa shape index (κ3) is 2.62. The second-order valence-electron chi connectivity index (χ2n) is 6.88. The minimum absolute atomic E-state index is 0.0359. The molecule has 0 radical (unpaired) electrons. The maximum Gasteiger partial charge on any atom is 0.247 e. The molecule has 3 rings (SSSR count). The predicted molar refractivity (Wildman–Crippen MR) is 77.1 cm³/mol. The Morgan fingerprint density at radius 2 is 1.90 bits per heavy atom. The molecule has 0 aromatic rings. The fraction of sp³-hybridized carbons (Fsp3) is 0.875. The number of nitrogens with zero attached hydrogens (tertiary/aromatic N) is 1. The molecule has 0 spiro atoms. The Labute approximate surface area is 121 Å². The van der Waals surface area contributed by atoms with Crippen LogP contribution in [0.2, 0.25) is 0 Å². The first-order chi connectivity index (χ1) is 9.65. The highest BCUT2D eigenvalue weighted by atomic mass is 16.2. The van der Waals surface area contributed by atoms with Gasteiger partial charge in [0, 0.05) is 12.6 Å². The lowest BCUT2D eigenvalue weighted by Crippen LogP contribution is -2.45. The molecule has 1 aliphatic heterocycles. The van der Waals surface area contributed by atoms with Gasteiger partial charge < -0.3 is 5.32 Å². The topological polar surface area (TPSA) is 49.4 Å². The van der Waals surface area contributed by atoms with Crippen LogP contribution in [0.3, 0.4) is 0 Å². The van der Waals surface area contributed by atoms with Gasteiger partial charge in [-0.05, 0) is 37.5 Å². The molecule has 3 aliphatic rings. The van der Waals surface area contributed by atoms with Crippen LogP contribution in [0.25, 0.3) is 0 Å². The molecule has 3 fully saturated rings. The minimum Gasteiger partial charge on any atom is -0.305 e. The Balaban J connectivity index is 1.58. The number of carbonyl (C=O) groups is 2. The molecule has 2 saturated carbocycles. The van der Waals surface area contributed by atoms with E-state index in [2.05, 4.69) is 12.2 Å². The van der Waals surface area contributed by atoms with Gasteiger partial charge in [0.05, 0.1) is 12.5 Å². The summed E-state index contributed by atoms with van der Waals surface area (Å²) in [5, 5.41) is 3.37. The summed E-state index contributed by atoms with van der Waals surface area (Å²) in [5.74, 6) is 0.0783. The van der Waals surface area contributed by atoms with Crippen molar-refractivity contribution in [2.45, 2.75) is 76.8 Å². The second kappa shape index (κ2) is 5.47. The molecular formula is C16H26N2O2. The summed E-state index contributed by atoms with van der Waals surface area (Å²) < 4.78 is 0. The van der Waals surface area contributed by atoms with Crippen LogP contribution in [-0.2, 0) is 9.59 Å². The Kier molecular flexibility index (Phi) is 3.85. The Morgan fingerprint density at radius 3 is 2.50 bits per heavy atom. The van der Waals surface area contributed by atoms with Gasteiger partial charge in [-0.25, -0.2) is 0 Å². The average molecular weight is 278 g/mol. The third-order valence-corrected chi connectivity index (χ3v) is 5.55. The number of rotatable bonds is 5. The standard InChI is InChI=1S/C16H26N2O2/c1-2-16(8-9-16)11-17-13-10-14(19)18(15(13)20)12-6-4-3-5-7-12/h12-13,17H,2-11H2,1H3. The summed E-state index contributed by atoms with van der Waals surface area (Å²) in [6.45, 7) is 3.11. The second-order valence-corrected chi connectivity index (χ2v) is 6.88. The van der Waals surface area contributed by atoms with Crippen LogP contribution in [0.15, 0.2) is 0 Å². The number of carbonyl (C=O) groups excluding carboxylic acids is 2. The van der Waals surface area contributed by atoms with E-state index in [0.717, 1.165) is 32.2 Å². The number of hydrogen-bond acceptors (Lipinski definition) is 3. The predicted octanol–water partition coefficient (Wildman–Crippen LogP) is 2.23. The number of hydrogen-bond donors (Lipinski definition) is 1. The van der Waals surface area contributed by atoms with Crippen molar-refractivity contribution in [2.75, 3.05) is 6.54 Å². The summed E-state index contributed by atoms with van der Waals surface area (Å²) in [6, 6.07) is -0.0786. The lowest BCUT2D eigenvalue weighted by Gasteiger charge is -2.29. The van der Waals surface area contributed by atoms with Crippen molar-refractivity contribution in [3.05, 3.63) is 0 Å². The highest BCUT2D eigenvalue weighted by Gasteiger charge is 2.45. The SMILES string of the molecule is CCC1(CNC2CC(=O)N(C3CCCCC3)C2=O)CC1. The highest BCUT2D eigenvalue weighted by Crippen LogP contribution is 2.48. The summed E-state index contributed by atoms with van der Waals surface area (Å²) in [4.78, 5) is 26.2. The number of amides is 2. The van der Waals surface area contributed by atoms with Crippen molar-refractivity contribution in [1.82, 2.24) is 10.2 Å². The molecular weight excluding hydrogens is 252 g/mol. The maximum absolute atomic E-state index is 12.5. The molecule has 0 aromatic heterocycles. The minimum atomic E-state index is -0.256. The molecule has 1 unspecified atom stereocenters. The van der Waals surface area contributed by atoms with E-state index in [0.29, 0.717) is 11.8 Å². The molecule has 112 valence electrons. The molecule has 2 aliphatic carbocycles. The van der Waals surface area contributed by atoms with Gasteiger partial charge in [-0.1, -0.05) is 26.2 Å². The lowest BCUT2D eigenvalue weighted by atomic mass is 9.94. The van der Waals surface area contributed by atoms with E-state index in [-0.39, 0.29) is 23.9 Å². The zero-order valence-electron chi connectivity index (χ0n) is 12.5. The van der Waals surface area contributed by atoms with Crippen LogP contribution in [0.1, 0.15) is 64.7 Å². The van der Waals surface area contributed by atoms with Crippen molar-refractivity contribution < 1.29 is 9.59 Å². The van der Waals surface area contributed by atoms with Crippen LogP contribution in [0.5, 0.6) is 0 Å². The fourth-order valence-electron chi connectivity index (χ4n) is 3.71. The van der Waals surface area contributed by atoms with Crippen LogP contribution in [-0.4, -0.2) is 35.3 Å². The molecule has 0 bridgehead atoms.